The lowest BCUT2D eigenvalue weighted by Gasteiger charge is -2.27. The summed E-state index contributed by atoms with van der Waals surface area (Å²) < 4.78 is 5.55. The number of aliphatic hydroxyl groups is 1. The molecule has 0 radical (unpaired) electrons. The van der Waals surface area contributed by atoms with Gasteiger partial charge >= 0.3 is 12.1 Å². The number of hydrogen-bond donors (Lipinski definition) is 4. The van der Waals surface area contributed by atoms with Gasteiger partial charge in [-0.25, -0.2) is 9.59 Å². The van der Waals surface area contributed by atoms with Gasteiger partial charge in [0.2, 0.25) is 5.91 Å². The van der Waals surface area contributed by atoms with Gasteiger partial charge in [-0.15, -0.1) is 0 Å². The summed E-state index contributed by atoms with van der Waals surface area (Å²) in [5, 5.41) is 23.7. The van der Waals surface area contributed by atoms with Gasteiger partial charge in [-0.1, -0.05) is 78.9 Å². The fourth-order valence-electron chi connectivity index (χ4n) is 4.21. The second-order valence-corrected chi connectivity index (χ2v) is 8.60. The molecule has 2 amide bonds. The van der Waals surface area contributed by atoms with Crippen LogP contribution in [0.15, 0.2) is 78.9 Å². The van der Waals surface area contributed by atoms with E-state index in [0.717, 1.165) is 22.3 Å². The van der Waals surface area contributed by atoms with Crippen LogP contribution >= 0.6 is 0 Å². The predicted octanol–water partition coefficient (Wildman–Crippen LogP) is 3.22. The van der Waals surface area contributed by atoms with Crippen LogP contribution < -0.4 is 10.6 Å². The summed E-state index contributed by atoms with van der Waals surface area (Å²) in [6.45, 7) is 0.426. The third kappa shape index (κ3) is 4.88. The standard InChI is InChI=1S/C27H26N2O6/c1-27(16-30,25(32)33)29-24(31)23(17-9-3-2-4-10-17)28-26(34)35-15-22-20-13-7-5-11-18(20)19-12-6-8-14-21(19)22/h2-14,22-23,30H,15-16H2,1H3,(H,28,34)(H,29,31)(H,32,33). The molecule has 2 atom stereocenters. The van der Waals surface area contributed by atoms with Crippen LogP contribution in [0.2, 0.25) is 0 Å². The van der Waals surface area contributed by atoms with E-state index in [0.29, 0.717) is 5.56 Å². The summed E-state index contributed by atoms with van der Waals surface area (Å²) in [5.41, 5.74) is 2.82. The van der Waals surface area contributed by atoms with Crippen LogP contribution in [-0.4, -0.2) is 46.9 Å². The molecule has 3 aromatic rings. The number of aliphatic hydroxyl groups excluding tert-OH is 1. The number of carbonyl (C=O) groups excluding carboxylic acids is 2. The summed E-state index contributed by atoms with van der Waals surface area (Å²) in [7, 11) is 0. The normalized spacial score (nSPS) is 14.7. The van der Waals surface area contributed by atoms with Gasteiger partial charge in [-0.3, -0.25) is 4.79 Å². The van der Waals surface area contributed by atoms with Crippen LogP contribution in [-0.2, 0) is 14.3 Å². The van der Waals surface area contributed by atoms with E-state index in [9.17, 15) is 24.6 Å². The quantitative estimate of drug-likeness (QED) is 0.397. The fourth-order valence-corrected chi connectivity index (χ4v) is 4.21. The molecule has 2 unspecified atom stereocenters. The first-order chi connectivity index (χ1) is 16.8. The van der Waals surface area contributed by atoms with Crippen molar-refractivity contribution in [2.75, 3.05) is 13.2 Å². The average Bonchev–Trinajstić information content (AvgIpc) is 3.20. The lowest BCUT2D eigenvalue weighted by molar-refractivity contribution is -0.149. The maximum atomic E-state index is 13.0. The number of carboxylic acids is 1. The minimum absolute atomic E-state index is 0.0620. The minimum atomic E-state index is -1.91. The predicted molar refractivity (Wildman–Crippen MR) is 129 cm³/mol. The Morgan fingerprint density at radius 2 is 1.46 bits per heavy atom. The van der Waals surface area contributed by atoms with Crippen LogP contribution in [0.4, 0.5) is 4.79 Å². The van der Waals surface area contributed by atoms with Gasteiger partial charge in [0, 0.05) is 5.92 Å². The summed E-state index contributed by atoms with van der Waals surface area (Å²) >= 11 is 0. The molecule has 0 bridgehead atoms. The van der Waals surface area contributed by atoms with Crippen LogP contribution in [0, 0.1) is 0 Å². The van der Waals surface area contributed by atoms with Crippen molar-refractivity contribution in [3.05, 3.63) is 95.6 Å². The number of ether oxygens (including phenoxy) is 1. The molecular formula is C27H26N2O6. The monoisotopic (exact) mass is 474 g/mol. The van der Waals surface area contributed by atoms with Crippen molar-refractivity contribution in [2.24, 2.45) is 0 Å². The zero-order valence-electron chi connectivity index (χ0n) is 19.1. The summed E-state index contributed by atoms with van der Waals surface area (Å²) in [5.74, 6) is -2.34. The summed E-state index contributed by atoms with van der Waals surface area (Å²) in [6.07, 6.45) is -0.822. The number of amides is 2. The third-order valence-electron chi connectivity index (χ3n) is 6.19. The first-order valence-electron chi connectivity index (χ1n) is 11.2. The van der Waals surface area contributed by atoms with Gasteiger partial charge in [0.15, 0.2) is 5.54 Å². The Balaban J connectivity index is 1.50. The van der Waals surface area contributed by atoms with Crippen molar-refractivity contribution in [1.29, 1.82) is 0 Å². The van der Waals surface area contributed by atoms with Gasteiger partial charge in [0.1, 0.15) is 12.6 Å². The van der Waals surface area contributed by atoms with E-state index in [-0.39, 0.29) is 12.5 Å². The Kier molecular flexibility index (Phi) is 6.84. The fraction of sp³-hybridized carbons (Fsp3) is 0.222. The Bertz CT molecular complexity index is 1200. The van der Waals surface area contributed by atoms with E-state index in [2.05, 4.69) is 10.6 Å². The van der Waals surface area contributed by atoms with E-state index in [1.54, 1.807) is 30.3 Å². The van der Waals surface area contributed by atoms with E-state index in [4.69, 9.17) is 4.74 Å². The van der Waals surface area contributed by atoms with Crippen LogP contribution in [0.5, 0.6) is 0 Å². The number of alkyl carbamates (subject to hydrolysis) is 1. The molecule has 1 aliphatic rings. The molecule has 0 heterocycles. The highest BCUT2D eigenvalue weighted by Crippen LogP contribution is 2.44. The van der Waals surface area contributed by atoms with E-state index in [1.807, 2.05) is 48.5 Å². The molecule has 180 valence electrons. The Morgan fingerprint density at radius 1 is 0.914 bits per heavy atom. The number of aliphatic carboxylic acids is 1. The first kappa shape index (κ1) is 24.0. The summed E-state index contributed by atoms with van der Waals surface area (Å²) in [6, 6.07) is 23.0. The molecule has 0 aliphatic heterocycles. The molecule has 4 rings (SSSR count). The van der Waals surface area contributed by atoms with Gasteiger partial charge in [-0.2, -0.15) is 0 Å². The second-order valence-electron chi connectivity index (χ2n) is 8.60. The molecule has 0 fully saturated rings. The maximum absolute atomic E-state index is 13.0. The van der Waals surface area contributed by atoms with Gasteiger partial charge in [0.25, 0.3) is 0 Å². The van der Waals surface area contributed by atoms with Crippen molar-refractivity contribution in [3.63, 3.8) is 0 Å². The third-order valence-corrected chi connectivity index (χ3v) is 6.19. The Morgan fingerprint density at radius 3 is 2.00 bits per heavy atom. The molecule has 8 heteroatoms. The molecule has 3 aromatic carbocycles. The Labute approximate surface area is 202 Å². The SMILES string of the molecule is CC(CO)(NC(=O)C(NC(=O)OCC1c2ccccc2-c2ccccc21)c1ccccc1)C(=O)O. The molecule has 0 saturated carbocycles. The molecule has 4 N–H and O–H groups in total. The van der Waals surface area contributed by atoms with Crippen molar-refractivity contribution in [2.45, 2.75) is 24.4 Å². The zero-order valence-corrected chi connectivity index (χ0v) is 19.1. The molecule has 35 heavy (non-hydrogen) atoms. The van der Waals surface area contributed by atoms with Crippen molar-refractivity contribution < 1.29 is 29.3 Å². The van der Waals surface area contributed by atoms with Crippen LogP contribution in [0.3, 0.4) is 0 Å². The highest BCUT2D eigenvalue weighted by atomic mass is 16.5. The lowest BCUT2D eigenvalue weighted by atomic mass is 9.98. The maximum Gasteiger partial charge on any atom is 0.408 e. The Hall–Kier alpha value is -4.17. The largest absolute Gasteiger partial charge is 0.479 e. The van der Waals surface area contributed by atoms with Crippen LogP contribution in [0.25, 0.3) is 11.1 Å². The highest BCUT2D eigenvalue weighted by Gasteiger charge is 2.37. The number of rotatable bonds is 8. The second kappa shape index (κ2) is 9.99. The molecule has 8 nitrogen and oxygen atoms in total. The van der Waals surface area contributed by atoms with E-state index < -0.39 is 36.2 Å². The van der Waals surface area contributed by atoms with Crippen molar-refractivity contribution >= 4 is 18.0 Å². The number of carbonyl (C=O) groups is 3. The number of carboxylic acid groups (broad SMARTS) is 1. The van der Waals surface area contributed by atoms with E-state index >= 15 is 0 Å². The topological polar surface area (TPSA) is 125 Å². The molecule has 1 aliphatic carbocycles. The number of nitrogens with one attached hydrogen (secondary N) is 2. The molecule has 0 saturated heterocycles. The van der Waals surface area contributed by atoms with Crippen molar-refractivity contribution in [3.8, 4) is 11.1 Å². The number of fused-ring (bicyclic) bond motifs is 3. The molecule has 0 aromatic heterocycles. The smallest absolute Gasteiger partial charge is 0.408 e. The minimum Gasteiger partial charge on any atom is -0.479 e. The van der Waals surface area contributed by atoms with Crippen molar-refractivity contribution in [1.82, 2.24) is 10.6 Å². The van der Waals surface area contributed by atoms with Gasteiger partial charge in [0.05, 0.1) is 6.61 Å². The lowest BCUT2D eigenvalue weighted by Crippen LogP contribution is -2.57. The first-order valence-corrected chi connectivity index (χ1v) is 11.2. The summed E-state index contributed by atoms with van der Waals surface area (Å²) in [4.78, 5) is 37.3. The molecule has 0 spiro atoms. The molecular weight excluding hydrogens is 448 g/mol. The van der Waals surface area contributed by atoms with Gasteiger partial charge < -0.3 is 25.6 Å². The highest BCUT2D eigenvalue weighted by molar-refractivity contribution is 5.92. The van der Waals surface area contributed by atoms with Gasteiger partial charge in [-0.05, 0) is 34.7 Å². The zero-order chi connectivity index (χ0) is 25.0. The van der Waals surface area contributed by atoms with E-state index in [1.165, 1.54) is 6.92 Å². The number of hydrogen-bond acceptors (Lipinski definition) is 5. The average molecular weight is 475 g/mol. The van der Waals surface area contributed by atoms with Crippen LogP contribution in [0.1, 0.15) is 35.6 Å². The number of benzene rings is 3.